The summed E-state index contributed by atoms with van der Waals surface area (Å²) < 4.78 is 6.31. The van der Waals surface area contributed by atoms with E-state index >= 15 is 0 Å². The van der Waals surface area contributed by atoms with Crippen molar-refractivity contribution in [3.63, 3.8) is 0 Å². The van der Waals surface area contributed by atoms with Crippen molar-refractivity contribution in [1.29, 1.82) is 0 Å². The molecule has 0 bridgehead atoms. The molecule has 146 valence electrons. The molecule has 0 aliphatic carbocycles. The van der Waals surface area contributed by atoms with Crippen LogP contribution in [0.4, 0.5) is 0 Å². The second-order valence-electron chi connectivity index (χ2n) is 7.48. The number of hydrogen-bond acceptors (Lipinski definition) is 2. The van der Waals surface area contributed by atoms with Gasteiger partial charge in [-0.1, -0.05) is 49.2 Å². The summed E-state index contributed by atoms with van der Waals surface area (Å²) in [7, 11) is 0. The largest absolute Gasteiger partial charge is 1.00 e. The van der Waals surface area contributed by atoms with Gasteiger partial charge in [0.2, 0.25) is 0 Å². The van der Waals surface area contributed by atoms with Crippen LogP contribution in [0.2, 0.25) is 0 Å². The fourth-order valence-corrected chi connectivity index (χ4v) is 3.58. The molecule has 2 rings (SSSR count). The molecule has 1 aromatic rings. The first kappa shape index (κ1) is 22.7. The zero-order chi connectivity index (χ0) is 18.0. The van der Waals surface area contributed by atoms with Gasteiger partial charge in [0.1, 0.15) is 0 Å². The number of unbranched alkanes of at least 4 members (excludes halogenated alkanes) is 1. The molecule has 1 saturated heterocycles. The highest BCUT2D eigenvalue weighted by molar-refractivity contribution is 5.70. The van der Waals surface area contributed by atoms with Crippen LogP contribution in [0.5, 0.6) is 0 Å². The lowest BCUT2D eigenvalue weighted by Crippen LogP contribution is -3.00. The smallest absolute Gasteiger partial charge is 0.361 e. The monoisotopic (exact) mass is 379 g/mol. The fraction of sp³-hybridized carbons (Fsp3) is 0.591. The Morgan fingerprint density at radius 2 is 1.85 bits per heavy atom. The molecular weight excluding hydrogens is 346 g/mol. The second kappa shape index (κ2) is 12.1. The van der Waals surface area contributed by atoms with Crippen LogP contribution >= 0.6 is 0 Å². The minimum absolute atomic E-state index is 0. The van der Waals surface area contributed by atoms with Crippen molar-refractivity contribution in [3.8, 4) is 0 Å². The van der Waals surface area contributed by atoms with Gasteiger partial charge in [-0.15, -0.1) is 0 Å². The first-order valence-electron chi connectivity index (χ1n) is 9.84. The number of nitrogens with zero attached hydrogens (tertiary/aromatic N) is 1. The number of likely N-dealkylation sites (tertiary alicyclic amines) is 1. The molecule has 26 heavy (non-hydrogen) atoms. The predicted octanol–water partition coefficient (Wildman–Crippen LogP) is 1.52. The Balaban J connectivity index is 0.00000338. The summed E-state index contributed by atoms with van der Waals surface area (Å²) in [6.07, 6.45) is 9.08. The number of carbonyl (C=O) groups excluding carboxylic acids is 1. The number of benzene rings is 1. The summed E-state index contributed by atoms with van der Waals surface area (Å²) in [6, 6.07) is 10.6. The first-order valence-corrected chi connectivity index (χ1v) is 9.84. The fourth-order valence-electron chi connectivity index (χ4n) is 3.58. The molecule has 0 atom stereocenters. The minimum atomic E-state index is -0.0236. The zero-order valence-electron chi connectivity index (χ0n) is 16.4. The van der Waals surface area contributed by atoms with Crippen LogP contribution in [0, 0.1) is 0 Å². The number of halogens is 1. The summed E-state index contributed by atoms with van der Waals surface area (Å²) in [5, 5.41) is 0. The Kier molecular flexibility index (Phi) is 10.6. The van der Waals surface area contributed by atoms with Crippen molar-refractivity contribution >= 4 is 5.97 Å². The molecule has 1 aliphatic heterocycles. The average molecular weight is 380 g/mol. The van der Waals surface area contributed by atoms with Crippen LogP contribution in [0.1, 0.15) is 51.5 Å². The Morgan fingerprint density at radius 3 is 2.50 bits per heavy atom. The van der Waals surface area contributed by atoms with Crippen molar-refractivity contribution in [2.45, 2.75) is 52.4 Å². The lowest BCUT2D eigenvalue weighted by molar-refractivity contribution is -0.920. The van der Waals surface area contributed by atoms with Crippen molar-refractivity contribution in [2.75, 3.05) is 32.8 Å². The predicted molar refractivity (Wildman–Crippen MR) is 103 cm³/mol. The van der Waals surface area contributed by atoms with Crippen LogP contribution in [0.25, 0.3) is 0 Å². The van der Waals surface area contributed by atoms with Gasteiger partial charge in [0.05, 0.1) is 26.2 Å². The molecule has 0 spiro atoms. The number of piperidine rings is 1. The average Bonchev–Trinajstić information content (AvgIpc) is 2.62. The zero-order valence-corrected chi connectivity index (χ0v) is 17.1. The van der Waals surface area contributed by atoms with E-state index in [1.54, 1.807) is 0 Å². The standard InChI is InChI=1S/C22H34NO2.ClH/c1-3-4-17-25-22(24)19-23(14-9-6-10-15-23)16-13-20(2)18-21-11-7-5-8-12-21;/h5,7-8,11-13H,3-4,6,9-10,14-19H2,1-2H3;1H/q+1;/p-1/b20-13+;. The van der Waals surface area contributed by atoms with Gasteiger partial charge in [0, 0.05) is 0 Å². The summed E-state index contributed by atoms with van der Waals surface area (Å²) in [6.45, 7) is 8.55. The maximum atomic E-state index is 12.3. The highest BCUT2D eigenvalue weighted by atomic mass is 35.5. The van der Waals surface area contributed by atoms with Crippen LogP contribution in [0.3, 0.4) is 0 Å². The first-order chi connectivity index (χ1) is 12.1. The number of ether oxygens (including phenoxy) is 1. The Bertz CT molecular complexity index is 551. The molecule has 1 heterocycles. The maximum absolute atomic E-state index is 12.3. The van der Waals surface area contributed by atoms with E-state index in [1.807, 2.05) is 0 Å². The van der Waals surface area contributed by atoms with Gasteiger partial charge in [0.15, 0.2) is 6.54 Å². The molecule has 4 heteroatoms. The highest BCUT2D eigenvalue weighted by Gasteiger charge is 2.32. The molecule has 0 radical (unpaired) electrons. The molecule has 1 aliphatic rings. The third kappa shape index (κ3) is 7.92. The van der Waals surface area contributed by atoms with Crippen LogP contribution in [0.15, 0.2) is 42.0 Å². The van der Waals surface area contributed by atoms with Gasteiger partial charge in [-0.05, 0) is 50.7 Å². The number of esters is 1. The number of hydrogen-bond donors (Lipinski definition) is 0. The Labute approximate surface area is 165 Å². The number of carbonyl (C=O) groups is 1. The third-order valence-electron chi connectivity index (χ3n) is 5.14. The number of rotatable bonds is 9. The Hall–Kier alpha value is -1.32. The molecule has 0 unspecified atom stereocenters. The number of quaternary nitrogens is 1. The molecule has 0 N–H and O–H groups in total. The van der Waals surface area contributed by atoms with Gasteiger partial charge < -0.3 is 21.6 Å². The Morgan fingerprint density at radius 1 is 1.15 bits per heavy atom. The van der Waals surface area contributed by atoms with E-state index in [0.29, 0.717) is 13.2 Å². The molecule has 0 aromatic heterocycles. The maximum Gasteiger partial charge on any atom is 0.361 e. The van der Waals surface area contributed by atoms with Crippen LogP contribution in [-0.2, 0) is 16.0 Å². The van der Waals surface area contributed by atoms with E-state index < -0.39 is 0 Å². The summed E-state index contributed by atoms with van der Waals surface area (Å²) >= 11 is 0. The van der Waals surface area contributed by atoms with Gasteiger partial charge in [-0.25, -0.2) is 4.79 Å². The van der Waals surface area contributed by atoms with Gasteiger partial charge in [-0.3, -0.25) is 0 Å². The van der Waals surface area contributed by atoms with Crippen molar-refractivity contribution in [2.24, 2.45) is 0 Å². The SMILES string of the molecule is CCCCOC(=O)C[N+]1(C/C=C(\C)Cc2ccccc2)CCCCC1.[Cl-]. The van der Waals surface area contributed by atoms with Crippen molar-refractivity contribution in [3.05, 3.63) is 47.5 Å². The summed E-state index contributed by atoms with van der Waals surface area (Å²) in [5.41, 5.74) is 2.73. The van der Waals surface area contributed by atoms with E-state index in [2.05, 4.69) is 50.3 Å². The van der Waals surface area contributed by atoms with Crippen molar-refractivity contribution in [1.82, 2.24) is 0 Å². The molecule has 0 amide bonds. The molecular formula is C22H34ClNO2. The van der Waals surface area contributed by atoms with Gasteiger partial charge in [0.25, 0.3) is 0 Å². The number of allylic oxidation sites excluding steroid dienone is 1. The second-order valence-corrected chi connectivity index (χ2v) is 7.48. The lowest BCUT2D eigenvalue weighted by atomic mass is 10.0. The molecule has 3 nitrogen and oxygen atoms in total. The van der Waals surface area contributed by atoms with Crippen LogP contribution < -0.4 is 12.4 Å². The molecule has 1 aromatic carbocycles. The summed E-state index contributed by atoms with van der Waals surface area (Å²) in [4.78, 5) is 12.3. The van der Waals surface area contributed by atoms with Gasteiger partial charge in [-0.2, -0.15) is 0 Å². The molecule has 0 saturated carbocycles. The topological polar surface area (TPSA) is 26.3 Å². The van der Waals surface area contributed by atoms with Crippen LogP contribution in [-0.4, -0.2) is 43.2 Å². The van der Waals surface area contributed by atoms with E-state index in [0.717, 1.165) is 43.4 Å². The molecule has 1 fully saturated rings. The van der Waals surface area contributed by atoms with E-state index in [-0.39, 0.29) is 18.4 Å². The van der Waals surface area contributed by atoms with Crippen molar-refractivity contribution < 1.29 is 26.4 Å². The van der Waals surface area contributed by atoms with E-state index in [9.17, 15) is 4.79 Å². The third-order valence-corrected chi connectivity index (χ3v) is 5.14. The summed E-state index contributed by atoms with van der Waals surface area (Å²) in [5.74, 6) is -0.0236. The minimum Gasteiger partial charge on any atom is -1.00 e. The van der Waals surface area contributed by atoms with E-state index in [1.165, 1.54) is 30.4 Å². The van der Waals surface area contributed by atoms with Gasteiger partial charge >= 0.3 is 5.97 Å². The normalized spacial score (nSPS) is 16.6. The quantitative estimate of drug-likeness (QED) is 0.281. The lowest BCUT2D eigenvalue weighted by Gasteiger charge is -2.40. The van der Waals surface area contributed by atoms with E-state index in [4.69, 9.17) is 4.74 Å². The highest BCUT2D eigenvalue weighted by Crippen LogP contribution is 2.20.